The fourth-order valence-electron chi connectivity index (χ4n) is 2.31. The van der Waals surface area contributed by atoms with Crippen LogP contribution in [-0.4, -0.2) is 14.8 Å². The Labute approximate surface area is 104 Å². The van der Waals surface area contributed by atoms with Crippen LogP contribution in [0.4, 0.5) is 0 Å². The molecule has 0 aliphatic heterocycles. The Morgan fingerprint density at radius 3 is 2.47 bits per heavy atom. The van der Waals surface area contributed by atoms with Crippen LogP contribution in [0.1, 0.15) is 69.6 Å². The van der Waals surface area contributed by atoms with Gasteiger partial charge in [-0.3, -0.25) is 0 Å². The maximum Gasteiger partial charge on any atom is 0.147 e. The zero-order valence-electron chi connectivity index (χ0n) is 10.9. The molecule has 2 rings (SSSR count). The SMILES string of the molecule is CCCCCCCc1nnc(CN)n1C1CC1. The summed E-state index contributed by atoms with van der Waals surface area (Å²) in [5.74, 6) is 2.13. The van der Waals surface area contributed by atoms with Gasteiger partial charge in [-0.15, -0.1) is 10.2 Å². The van der Waals surface area contributed by atoms with Gasteiger partial charge in [-0.05, 0) is 19.3 Å². The van der Waals surface area contributed by atoms with Crippen molar-refractivity contribution in [2.45, 2.75) is 70.9 Å². The van der Waals surface area contributed by atoms with Crippen LogP contribution < -0.4 is 5.73 Å². The number of rotatable bonds is 8. The highest BCUT2D eigenvalue weighted by Gasteiger charge is 2.28. The van der Waals surface area contributed by atoms with Crippen molar-refractivity contribution in [1.82, 2.24) is 14.8 Å². The number of nitrogens with two attached hydrogens (primary N) is 1. The first kappa shape index (κ1) is 12.6. The van der Waals surface area contributed by atoms with Crippen LogP contribution >= 0.6 is 0 Å². The molecule has 1 saturated carbocycles. The first-order chi connectivity index (χ1) is 8.36. The molecule has 1 aliphatic rings. The van der Waals surface area contributed by atoms with Crippen LogP contribution in [0.3, 0.4) is 0 Å². The molecule has 0 amide bonds. The van der Waals surface area contributed by atoms with E-state index in [1.54, 1.807) is 0 Å². The zero-order valence-corrected chi connectivity index (χ0v) is 10.9. The molecule has 1 aromatic heterocycles. The van der Waals surface area contributed by atoms with Gasteiger partial charge in [0.25, 0.3) is 0 Å². The zero-order chi connectivity index (χ0) is 12.1. The molecule has 4 heteroatoms. The van der Waals surface area contributed by atoms with Gasteiger partial charge in [-0.1, -0.05) is 32.6 Å². The number of unbranched alkanes of at least 4 members (excludes halogenated alkanes) is 4. The van der Waals surface area contributed by atoms with Crippen molar-refractivity contribution in [2.75, 3.05) is 0 Å². The van der Waals surface area contributed by atoms with Crippen LogP contribution in [0.25, 0.3) is 0 Å². The number of hydrogen-bond acceptors (Lipinski definition) is 3. The molecule has 2 N–H and O–H groups in total. The van der Waals surface area contributed by atoms with E-state index in [0.29, 0.717) is 12.6 Å². The lowest BCUT2D eigenvalue weighted by Crippen LogP contribution is -2.09. The van der Waals surface area contributed by atoms with Gasteiger partial charge < -0.3 is 10.3 Å². The van der Waals surface area contributed by atoms with Crippen molar-refractivity contribution in [1.29, 1.82) is 0 Å². The monoisotopic (exact) mass is 236 g/mol. The molecule has 0 atom stereocenters. The van der Waals surface area contributed by atoms with Crippen molar-refractivity contribution in [3.05, 3.63) is 11.6 Å². The van der Waals surface area contributed by atoms with E-state index >= 15 is 0 Å². The third-order valence-electron chi connectivity index (χ3n) is 3.44. The first-order valence-corrected chi connectivity index (χ1v) is 6.99. The van der Waals surface area contributed by atoms with E-state index in [4.69, 9.17) is 5.73 Å². The summed E-state index contributed by atoms with van der Waals surface area (Å²) in [6, 6.07) is 0.647. The highest BCUT2D eigenvalue weighted by Crippen LogP contribution is 2.36. The topological polar surface area (TPSA) is 56.7 Å². The lowest BCUT2D eigenvalue weighted by atomic mass is 10.1. The summed E-state index contributed by atoms with van der Waals surface area (Å²) in [5.41, 5.74) is 5.70. The highest BCUT2D eigenvalue weighted by molar-refractivity contribution is 5.02. The molecule has 0 unspecified atom stereocenters. The molecule has 0 saturated heterocycles. The fraction of sp³-hybridized carbons (Fsp3) is 0.846. The summed E-state index contributed by atoms with van der Waals surface area (Å²) >= 11 is 0. The van der Waals surface area contributed by atoms with E-state index in [1.165, 1.54) is 44.9 Å². The number of aryl methyl sites for hydroxylation is 1. The van der Waals surface area contributed by atoms with Crippen LogP contribution in [0.15, 0.2) is 0 Å². The third-order valence-corrected chi connectivity index (χ3v) is 3.44. The van der Waals surface area contributed by atoms with Crippen LogP contribution in [-0.2, 0) is 13.0 Å². The largest absolute Gasteiger partial charge is 0.324 e. The second kappa shape index (κ2) is 6.15. The third kappa shape index (κ3) is 3.28. The average molecular weight is 236 g/mol. The van der Waals surface area contributed by atoms with E-state index in [-0.39, 0.29) is 0 Å². The molecule has 0 aromatic carbocycles. The quantitative estimate of drug-likeness (QED) is 0.706. The van der Waals surface area contributed by atoms with Gasteiger partial charge >= 0.3 is 0 Å². The van der Waals surface area contributed by atoms with Gasteiger partial charge in [-0.2, -0.15) is 0 Å². The predicted molar refractivity (Wildman–Crippen MR) is 68.6 cm³/mol. The molecule has 4 nitrogen and oxygen atoms in total. The molecule has 1 aliphatic carbocycles. The summed E-state index contributed by atoms with van der Waals surface area (Å²) in [4.78, 5) is 0. The van der Waals surface area contributed by atoms with Crippen LogP contribution in [0, 0.1) is 0 Å². The summed E-state index contributed by atoms with van der Waals surface area (Å²) in [6.07, 6.45) is 10.1. The minimum atomic E-state index is 0.513. The van der Waals surface area contributed by atoms with Crippen LogP contribution in [0.5, 0.6) is 0 Å². The normalized spacial score (nSPS) is 15.4. The van der Waals surface area contributed by atoms with E-state index in [1.807, 2.05) is 0 Å². The summed E-state index contributed by atoms with van der Waals surface area (Å²) in [7, 11) is 0. The Morgan fingerprint density at radius 2 is 1.82 bits per heavy atom. The summed E-state index contributed by atoms with van der Waals surface area (Å²) in [5, 5.41) is 8.50. The Hall–Kier alpha value is -0.900. The molecule has 0 radical (unpaired) electrons. The second-order valence-corrected chi connectivity index (χ2v) is 5.00. The highest BCUT2D eigenvalue weighted by atomic mass is 15.3. The van der Waals surface area contributed by atoms with E-state index in [9.17, 15) is 0 Å². The van der Waals surface area contributed by atoms with Crippen LogP contribution in [0.2, 0.25) is 0 Å². The standard InChI is InChI=1S/C13H24N4/c1-2-3-4-5-6-7-12-15-16-13(10-14)17(12)11-8-9-11/h11H,2-10,14H2,1H3. The van der Waals surface area contributed by atoms with Crippen molar-refractivity contribution in [3.63, 3.8) is 0 Å². The summed E-state index contributed by atoms with van der Waals surface area (Å²) < 4.78 is 2.29. The first-order valence-electron chi connectivity index (χ1n) is 6.99. The molecule has 96 valence electrons. The minimum absolute atomic E-state index is 0.513. The lowest BCUT2D eigenvalue weighted by molar-refractivity contribution is 0.590. The lowest BCUT2D eigenvalue weighted by Gasteiger charge is -2.07. The maximum absolute atomic E-state index is 5.70. The predicted octanol–water partition coefficient (Wildman–Crippen LogP) is 2.58. The molecule has 17 heavy (non-hydrogen) atoms. The van der Waals surface area contributed by atoms with Crippen molar-refractivity contribution in [2.24, 2.45) is 5.73 Å². The van der Waals surface area contributed by atoms with Gasteiger partial charge in [0.15, 0.2) is 0 Å². The Kier molecular flexibility index (Phi) is 4.54. The molecule has 1 fully saturated rings. The van der Waals surface area contributed by atoms with Crippen molar-refractivity contribution < 1.29 is 0 Å². The van der Waals surface area contributed by atoms with E-state index in [0.717, 1.165) is 18.1 Å². The van der Waals surface area contributed by atoms with Gasteiger partial charge in [0.05, 0.1) is 6.54 Å². The molecule has 0 bridgehead atoms. The average Bonchev–Trinajstić information content (AvgIpc) is 3.10. The molecule has 1 heterocycles. The Morgan fingerprint density at radius 1 is 1.12 bits per heavy atom. The molecule has 0 spiro atoms. The fourth-order valence-corrected chi connectivity index (χ4v) is 2.31. The maximum atomic E-state index is 5.70. The van der Waals surface area contributed by atoms with Gasteiger partial charge in [0.2, 0.25) is 0 Å². The smallest absolute Gasteiger partial charge is 0.147 e. The number of nitrogens with zero attached hydrogens (tertiary/aromatic N) is 3. The van der Waals surface area contributed by atoms with Gasteiger partial charge in [0, 0.05) is 12.5 Å². The summed E-state index contributed by atoms with van der Waals surface area (Å²) in [6.45, 7) is 2.76. The molecular weight excluding hydrogens is 212 g/mol. The number of hydrogen-bond donors (Lipinski definition) is 1. The molecular formula is C13H24N4. The molecule has 1 aromatic rings. The Balaban J connectivity index is 1.85. The van der Waals surface area contributed by atoms with E-state index in [2.05, 4.69) is 21.7 Å². The van der Waals surface area contributed by atoms with E-state index < -0.39 is 0 Å². The van der Waals surface area contributed by atoms with Crippen molar-refractivity contribution in [3.8, 4) is 0 Å². The van der Waals surface area contributed by atoms with Crippen molar-refractivity contribution >= 4 is 0 Å². The van der Waals surface area contributed by atoms with Gasteiger partial charge in [-0.25, -0.2) is 0 Å². The second-order valence-electron chi connectivity index (χ2n) is 5.00. The minimum Gasteiger partial charge on any atom is -0.324 e. The Bertz CT molecular complexity index is 341. The number of aromatic nitrogens is 3. The van der Waals surface area contributed by atoms with Gasteiger partial charge in [0.1, 0.15) is 11.6 Å².